The minimum Gasteiger partial charge on any atom is -0.337 e. The number of nitrogens with zero attached hydrogens (tertiary/aromatic N) is 2. The summed E-state index contributed by atoms with van der Waals surface area (Å²) < 4.78 is 37.8. The summed E-state index contributed by atoms with van der Waals surface area (Å²) in [6.07, 6.45) is -0.475. The van der Waals surface area contributed by atoms with E-state index in [1.807, 2.05) is 0 Å². The molecule has 2 aliphatic rings. The predicted molar refractivity (Wildman–Crippen MR) is 81.8 cm³/mol. The topological polar surface area (TPSA) is 56.4 Å². The first-order chi connectivity index (χ1) is 11.4. The summed E-state index contributed by atoms with van der Waals surface area (Å²) >= 11 is 0. The van der Waals surface area contributed by atoms with Crippen LogP contribution in [0, 0.1) is 0 Å². The van der Waals surface area contributed by atoms with Gasteiger partial charge in [0.2, 0.25) is 0 Å². The summed E-state index contributed by atoms with van der Waals surface area (Å²) in [5, 5.41) is 0. The molecule has 2 aliphatic heterocycles. The Balaban J connectivity index is 1.75. The molecule has 5 nitrogen and oxygen atoms in total. The number of aromatic nitrogens is 1. The molecule has 1 amide bonds. The van der Waals surface area contributed by atoms with Crippen LogP contribution in [0.4, 0.5) is 13.2 Å². The number of nitrogens with one attached hydrogen (secondary N) is 1. The summed E-state index contributed by atoms with van der Waals surface area (Å²) in [6, 6.07) is 2.00. The maximum atomic E-state index is 12.6. The van der Waals surface area contributed by atoms with E-state index in [-0.39, 0.29) is 11.6 Å². The molecule has 3 rings (SSSR count). The van der Waals surface area contributed by atoms with Gasteiger partial charge >= 0.3 is 6.18 Å². The third-order valence-corrected chi connectivity index (χ3v) is 4.79. The maximum absolute atomic E-state index is 12.6. The lowest BCUT2D eigenvalue weighted by molar-refractivity contribution is -0.141. The number of H-pyrrole nitrogens is 1. The smallest absolute Gasteiger partial charge is 0.337 e. The van der Waals surface area contributed by atoms with Crippen LogP contribution in [0.1, 0.15) is 41.7 Å². The van der Waals surface area contributed by atoms with E-state index < -0.39 is 23.3 Å². The molecular weight excluding hydrogens is 323 g/mol. The molecule has 3 heterocycles. The van der Waals surface area contributed by atoms with Crippen LogP contribution >= 0.6 is 0 Å². The van der Waals surface area contributed by atoms with E-state index in [0.717, 1.165) is 50.9 Å². The van der Waals surface area contributed by atoms with E-state index >= 15 is 0 Å². The molecule has 24 heavy (non-hydrogen) atoms. The normalized spacial score (nSPS) is 22.8. The number of pyridine rings is 1. The van der Waals surface area contributed by atoms with Crippen LogP contribution < -0.4 is 5.56 Å². The largest absolute Gasteiger partial charge is 0.431 e. The van der Waals surface area contributed by atoms with Crippen molar-refractivity contribution in [2.45, 2.75) is 37.9 Å². The monoisotopic (exact) mass is 343 g/mol. The molecule has 1 atom stereocenters. The second-order valence-corrected chi connectivity index (χ2v) is 6.40. The van der Waals surface area contributed by atoms with Gasteiger partial charge in [0, 0.05) is 19.1 Å². The Bertz CT molecular complexity index is 665. The van der Waals surface area contributed by atoms with Crippen molar-refractivity contribution in [3.63, 3.8) is 0 Å². The van der Waals surface area contributed by atoms with Gasteiger partial charge < -0.3 is 9.88 Å². The Kier molecular flexibility index (Phi) is 4.67. The Hall–Kier alpha value is -1.83. The van der Waals surface area contributed by atoms with Gasteiger partial charge in [0.15, 0.2) is 0 Å². The fourth-order valence-corrected chi connectivity index (χ4v) is 3.52. The quantitative estimate of drug-likeness (QED) is 0.895. The van der Waals surface area contributed by atoms with Gasteiger partial charge in [-0.3, -0.25) is 14.5 Å². The molecule has 1 aromatic heterocycles. The van der Waals surface area contributed by atoms with Gasteiger partial charge in [0.25, 0.3) is 11.5 Å². The van der Waals surface area contributed by atoms with Crippen LogP contribution in [0.5, 0.6) is 0 Å². The zero-order valence-electron chi connectivity index (χ0n) is 13.2. The minimum absolute atomic E-state index is 0.231. The predicted octanol–water partition coefficient (Wildman–Crippen LogP) is 2.09. The lowest BCUT2D eigenvalue weighted by Gasteiger charge is -2.37. The number of halogens is 3. The van der Waals surface area contributed by atoms with E-state index in [2.05, 4.69) is 4.90 Å². The number of amides is 1. The van der Waals surface area contributed by atoms with Gasteiger partial charge in [-0.2, -0.15) is 13.2 Å². The lowest BCUT2D eigenvalue weighted by Crippen LogP contribution is -2.49. The zero-order chi connectivity index (χ0) is 17.3. The number of carbonyl (C=O) groups is 1. The molecule has 0 radical (unpaired) electrons. The second-order valence-electron chi connectivity index (χ2n) is 6.40. The van der Waals surface area contributed by atoms with E-state index in [1.165, 1.54) is 0 Å². The van der Waals surface area contributed by atoms with E-state index in [9.17, 15) is 22.8 Å². The highest BCUT2D eigenvalue weighted by molar-refractivity contribution is 5.93. The van der Waals surface area contributed by atoms with Crippen LogP contribution in [0.15, 0.2) is 16.9 Å². The van der Waals surface area contributed by atoms with Crippen molar-refractivity contribution in [2.24, 2.45) is 0 Å². The molecule has 0 spiro atoms. The summed E-state index contributed by atoms with van der Waals surface area (Å²) in [4.78, 5) is 30.2. The molecule has 0 aromatic carbocycles. The van der Waals surface area contributed by atoms with Gasteiger partial charge in [-0.25, -0.2) is 0 Å². The van der Waals surface area contributed by atoms with Crippen LogP contribution in [-0.2, 0) is 6.18 Å². The average Bonchev–Trinajstić information content (AvgIpc) is 3.08. The summed E-state index contributed by atoms with van der Waals surface area (Å²) in [5.74, 6) is -0.492. The minimum atomic E-state index is -4.63. The number of likely N-dealkylation sites (tertiary alicyclic amines) is 2. The SMILES string of the molecule is O=C(c1ccc(C(F)(F)F)[nH]c1=O)N1CCCC(N2CCCC2)C1. The Morgan fingerprint density at radius 3 is 2.46 bits per heavy atom. The van der Waals surface area contributed by atoms with Gasteiger partial charge in [0.05, 0.1) is 0 Å². The number of aromatic amines is 1. The highest BCUT2D eigenvalue weighted by atomic mass is 19.4. The summed E-state index contributed by atoms with van der Waals surface area (Å²) in [7, 11) is 0. The summed E-state index contributed by atoms with van der Waals surface area (Å²) in [6.45, 7) is 3.10. The van der Waals surface area contributed by atoms with Gasteiger partial charge in [-0.1, -0.05) is 0 Å². The van der Waals surface area contributed by atoms with E-state index in [0.29, 0.717) is 13.1 Å². The van der Waals surface area contributed by atoms with Crippen LogP contribution in [0.3, 0.4) is 0 Å². The molecule has 0 aliphatic carbocycles. The van der Waals surface area contributed by atoms with Crippen molar-refractivity contribution >= 4 is 5.91 Å². The first kappa shape index (κ1) is 17.0. The van der Waals surface area contributed by atoms with E-state index in [1.54, 1.807) is 9.88 Å². The Morgan fingerprint density at radius 2 is 1.83 bits per heavy atom. The van der Waals surface area contributed by atoms with Crippen molar-refractivity contribution in [1.29, 1.82) is 0 Å². The number of piperidine rings is 1. The van der Waals surface area contributed by atoms with E-state index in [4.69, 9.17) is 0 Å². The second kappa shape index (κ2) is 6.58. The van der Waals surface area contributed by atoms with Crippen molar-refractivity contribution in [3.8, 4) is 0 Å². The lowest BCUT2D eigenvalue weighted by atomic mass is 10.0. The van der Waals surface area contributed by atoms with Crippen molar-refractivity contribution in [2.75, 3.05) is 26.2 Å². The molecule has 0 saturated carbocycles. The summed E-state index contributed by atoms with van der Waals surface area (Å²) in [5.41, 5.74) is -2.36. The number of alkyl halides is 3. The zero-order valence-corrected chi connectivity index (χ0v) is 13.2. The molecule has 132 valence electrons. The molecule has 1 unspecified atom stereocenters. The van der Waals surface area contributed by atoms with Crippen molar-refractivity contribution in [1.82, 2.24) is 14.8 Å². The van der Waals surface area contributed by atoms with Gasteiger partial charge in [0.1, 0.15) is 11.3 Å². The number of hydrogen-bond donors (Lipinski definition) is 1. The fourth-order valence-electron chi connectivity index (χ4n) is 3.52. The molecule has 1 N–H and O–H groups in total. The molecular formula is C16H20F3N3O2. The molecule has 2 fully saturated rings. The third-order valence-electron chi connectivity index (χ3n) is 4.79. The first-order valence-corrected chi connectivity index (χ1v) is 8.20. The Labute approximate surface area is 137 Å². The number of carbonyl (C=O) groups excluding carboxylic acids is 1. The highest BCUT2D eigenvalue weighted by Gasteiger charge is 2.34. The average molecular weight is 343 g/mol. The fraction of sp³-hybridized carbons (Fsp3) is 0.625. The first-order valence-electron chi connectivity index (χ1n) is 8.20. The van der Waals surface area contributed by atoms with Crippen LogP contribution in [0.2, 0.25) is 0 Å². The third kappa shape index (κ3) is 3.48. The van der Waals surface area contributed by atoms with Crippen molar-refractivity contribution in [3.05, 3.63) is 33.7 Å². The standard InChI is InChI=1S/C16H20F3N3O2/c17-16(18,19)13-6-5-12(14(23)20-13)15(24)22-9-3-4-11(10-22)21-7-1-2-8-21/h5-6,11H,1-4,7-10H2,(H,20,23). The van der Waals surface area contributed by atoms with Crippen LogP contribution in [-0.4, -0.2) is 52.9 Å². The molecule has 8 heteroatoms. The molecule has 2 saturated heterocycles. The molecule has 1 aromatic rings. The Morgan fingerprint density at radius 1 is 1.12 bits per heavy atom. The van der Waals surface area contributed by atoms with Crippen molar-refractivity contribution < 1.29 is 18.0 Å². The molecule has 0 bridgehead atoms. The number of rotatable bonds is 2. The van der Waals surface area contributed by atoms with Gasteiger partial charge in [-0.05, 0) is 50.9 Å². The van der Waals surface area contributed by atoms with Gasteiger partial charge in [-0.15, -0.1) is 0 Å². The maximum Gasteiger partial charge on any atom is 0.431 e. The van der Waals surface area contributed by atoms with Crippen LogP contribution in [0.25, 0.3) is 0 Å². The number of hydrogen-bond acceptors (Lipinski definition) is 3. The highest BCUT2D eigenvalue weighted by Crippen LogP contribution is 2.27.